The molecule has 5 aromatic rings. The zero-order valence-electron chi connectivity index (χ0n) is 19.0. The number of carbonyl (C=O) groups excluding carboxylic acids is 1. The summed E-state index contributed by atoms with van der Waals surface area (Å²) in [4.78, 5) is 19.1. The summed E-state index contributed by atoms with van der Waals surface area (Å²) < 4.78 is 26.2. The Kier molecular flexibility index (Phi) is 6.26. The van der Waals surface area contributed by atoms with Crippen LogP contribution in [0.2, 0.25) is 0 Å². The predicted molar refractivity (Wildman–Crippen MR) is 134 cm³/mol. The zero-order chi connectivity index (χ0) is 24.4. The van der Waals surface area contributed by atoms with Crippen LogP contribution in [-0.2, 0) is 11.3 Å². The Morgan fingerprint density at radius 2 is 2.00 bits per heavy atom. The number of hydrogen-bond donors (Lipinski definition) is 1. The third-order valence-electron chi connectivity index (χ3n) is 5.33. The molecule has 0 aliphatic rings. The summed E-state index contributed by atoms with van der Waals surface area (Å²) >= 11 is 1.31. The minimum Gasteiger partial charge on any atom is -0.455 e. The molecule has 0 aliphatic heterocycles. The minimum absolute atomic E-state index is 0.315. The molecule has 0 spiro atoms. The van der Waals surface area contributed by atoms with Gasteiger partial charge in [-0.1, -0.05) is 0 Å². The highest BCUT2D eigenvalue weighted by atomic mass is 32.1. The Bertz CT molecular complexity index is 1520. The SMILES string of the molecule is COCc1cc(C)nc2sc(C(=O)N/N=C\c3ccc(-c4ccc(F)cc4)o3)c(-n3cccc3)c12. The molecule has 176 valence electrons. The average Bonchev–Trinajstić information content (AvgIpc) is 3.59. The van der Waals surface area contributed by atoms with E-state index in [1.165, 1.54) is 29.7 Å². The molecular formula is C26H21FN4O3S. The van der Waals surface area contributed by atoms with E-state index in [9.17, 15) is 9.18 Å². The highest BCUT2D eigenvalue weighted by molar-refractivity contribution is 7.21. The van der Waals surface area contributed by atoms with Crippen LogP contribution in [0.4, 0.5) is 4.39 Å². The van der Waals surface area contributed by atoms with Crippen LogP contribution in [0.3, 0.4) is 0 Å². The molecule has 4 aromatic heterocycles. The van der Waals surface area contributed by atoms with Crippen molar-refractivity contribution < 1.29 is 18.3 Å². The highest BCUT2D eigenvalue weighted by Crippen LogP contribution is 2.36. The normalized spacial score (nSPS) is 11.5. The second-order valence-electron chi connectivity index (χ2n) is 7.81. The summed E-state index contributed by atoms with van der Waals surface area (Å²) in [5, 5.41) is 4.96. The van der Waals surface area contributed by atoms with Crippen molar-refractivity contribution in [2.45, 2.75) is 13.5 Å². The lowest BCUT2D eigenvalue weighted by atomic mass is 10.1. The summed E-state index contributed by atoms with van der Waals surface area (Å²) in [7, 11) is 1.64. The Labute approximate surface area is 204 Å². The largest absolute Gasteiger partial charge is 0.455 e. The number of nitrogens with one attached hydrogen (secondary N) is 1. The molecule has 5 rings (SSSR count). The zero-order valence-corrected chi connectivity index (χ0v) is 19.8. The van der Waals surface area contributed by atoms with E-state index >= 15 is 0 Å². The molecule has 0 saturated heterocycles. The van der Waals surface area contributed by atoms with Gasteiger partial charge in [0.2, 0.25) is 0 Å². The summed E-state index contributed by atoms with van der Waals surface area (Å²) in [6.45, 7) is 2.32. The number of aryl methyl sites for hydroxylation is 1. The quantitative estimate of drug-likeness (QED) is 0.235. The molecule has 7 nitrogen and oxygen atoms in total. The third kappa shape index (κ3) is 4.64. The number of benzene rings is 1. The number of pyridine rings is 1. The smallest absolute Gasteiger partial charge is 0.283 e. The summed E-state index contributed by atoms with van der Waals surface area (Å²) in [5.41, 5.74) is 5.88. The van der Waals surface area contributed by atoms with Crippen molar-refractivity contribution in [1.29, 1.82) is 0 Å². The van der Waals surface area contributed by atoms with Gasteiger partial charge in [-0.3, -0.25) is 4.79 Å². The molecule has 0 unspecified atom stereocenters. The first-order valence-corrected chi connectivity index (χ1v) is 11.6. The van der Waals surface area contributed by atoms with Crippen LogP contribution >= 0.6 is 11.3 Å². The molecule has 35 heavy (non-hydrogen) atoms. The van der Waals surface area contributed by atoms with E-state index in [2.05, 4.69) is 15.5 Å². The number of rotatable bonds is 7. The lowest BCUT2D eigenvalue weighted by Gasteiger charge is -2.09. The van der Waals surface area contributed by atoms with Crippen molar-refractivity contribution in [3.63, 3.8) is 0 Å². The van der Waals surface area contributed by atoms with Gasteiger partial charge < -0.3 is 13.7 Å². The Morgan fingerprint density at radius 1 is 1.23 bits per heavy atom. The molecule has 0 aliphatic carbocycles. The van der Waals surface area contributed by atoms with Crippen molar-refractivity contribution in [2.24, 2.45) is 5.10 Å². The number of aromatic nitrogens is 2. The molecule has 0 fully saturated rings. The molecule has 0 bridgehead atoms. The first kappa shape index (κ1) is 22.7. The van der Waals surface area contributed by atoms with Gasteiger partial charge in [-0.15, -0.1) is 11.3 Å². The van der Waals surface area contributed by atoms with E-state index in [-0.39, 0.29) is 11.7 Å². The third-order valence-corrected chi connectivity index (χ3v) is 6.40. The maximum absolute atomic E-state index is 13.2. The van der Waals surface area contributed by atoms with E-state index in [1.54, 1.807) is 31.4 Å². The molecule has 4 heterocycles. The van der Waals surface area contributed by atoms with Crippen molar-refractivity contribution in [1.82, 2.24) is 15.0 Å². The van der Waals surface area contributed by atoms with Gasteiger partial charge in [0, 0.05) is 36.1 Å². The van der Waals surface area contributed by atoms with Gasteiger partial charge in [-0.05, 0) is 67.1 Å². The number of furan rings is 1. The van der Waals surface area contributed by atoms with Gasteiger partial charge in [-0.2, -0.15) is 5.10 Å². The van der Waals surface area contributed by atoms with Crippen molar-refractivity contribution >= 4 is 33.7 Å². The number of hydrogen-bond acceptors (Lipinski definition) is 6. The van der Waals surface area contributed by atoms with Gasteiger partial charge in [-0.25, -0.2) is 14.8 Å². The molecule has 0 saturated carbocycles. The Balaban J connectivity index is 1.43. The summed E-state index contributed by atoms with van der Waals surface area (Å²) in [6.07, 6.45) is 5.20. The van der Waals surface area contributed by atoms with Crippen LogP contribution in [0.15, 0.2) is 76.5 Å². The number of ether oxygens (including phenoxy) is 1. The molecule has 1 amide bonds. The van der Waals surface area contributed by atoms with E-state index in [0.29, 0.717) is 23.0 Å². The Morgan fingerprint density at radius 3 is 2.74 bits per heavy atom. The average molecular weight is 489 g/mol. The molecule has 0 atom stereocenters. The predicted octanol–water partition coefficient (Wildman–Crippen LogP) is 5.70. The van der Waals surface area contributed by atoms with Crippen LogP contribution in [0.25, 0.3) is 27.2 Å². The van der Waals surface area contributed by atoms with E-state index in [1.807, 2.05) is 42.1 Å². The molecule has 1 N–H and O–H groups in total. The second-order valence-corrected chi connectivity index (χ2v) is 8.81. The lowest BCUT2D eigenvalue weighted by molar-refractivity contribution is 0.0959. The van der Waals surface area contributed by atoms with Gasteiger partial charge in [0.25, 0.3) is 5.91 Å². The molecular weight excluding hydrogens is 467 g/mol. The van der Waals surface area contributed by atoms with Crippen molar-refractivity contribution in [3.8, 4) is 17.0 Å². The van der Waals surface area contributed by atoms with Crippen LogP contribution < -0.4 is 5.43 Å². The van der Waals surface area contributed by atoms with Gasteiger partial charge in [0.15, 0.2) is 0 Å². The first-order valence-electron chi connectivity index (χ1n) is 10.8. The number of amides is 1. The number of hydrazone groups is 1. The van der Waals surface area contributed by atoms with Crippen molar-refractivity contribution in [3.05, 3.63) is 94.7 Å². The number of carbonyl (C=O) groups is 1. The van der Waals surface area contributed by atoms with Crippen LogP contribution in [0, 0.1) is 12.7 Å². The maximum atomic E-state index is 13.2. The van der Waals surface area contributed by atoms with Gasteiger partial charge >= 0.3 is 0 Å². The standard InChI is InChI=1S/C26H21FN4O3S/c1-16-13-18(15-33-2)22-23(31-11-3-4-12-31)24(35-26(22)29-16)25(32)30-28-14-20-9-10-21(34-20)17-5-7-19(27)8-6-17/h3-14H,15H2,1-2H3,(H,30,32)/b28-14-. The van der Waals surface area contributed by atoms with E-state index < -0.39 is 0 Å². The number of methoxy groups -OCH3 is 1. The maximum Gasteiger partial charge on any atom is 0.283 e. The number of halogens is 1. The highest BCUT2D eigenvalue weighted by Gasteiger charge is 2.23. The molecule has 9 heteroatoms. The number of thiophene rings is 1. The van der Waals surface area contributed by atoms with Gasteiger partial charge in [0.1, 0.15) is 27.0 Å². The first-order chi connectivity index (χ1) is 17.0. The summed E-state index contributed by atoms with van der Waals surface area (Å²) in [5.74, 6) is 0.347. The Hall–Kier alpha value is -4.08. The van der Waals surface area contributed by atoms with Gasteiger partial charge in [0.05, 0.1) is 18.5 Å². The monoisotopic (exact) mass is 488 g/mol. The number of fused-ring (bicyclic) bond motifs is 1. The summed E-state index contributed by atoms with van der Waals surface area (Å²) in [6, 6.07) is 15.3. The van der Waals surface area contributed by atoms with Crippen LogP contribution in [0.5, 0.6) is 0 Å². The molecule has 1 aromatic carbocycles. The van der Waals surface area contributed by atoms with Crippen LogP contribution in [-0.4, -0.2) is 28.8 Å². The minimum atomic E-state index is -0.362. The number of nitrogens with zero attached hydrogens (tertiary/aromatic N) is 3. The topological polar surface area (TPSA) is 81.7 Å². The van der Waals surface area contributed by atoms with E-state index in [0.717, 1.165) is 32.7 Å². The fourth-order valence-electron chi connectivity index (χ4n) is 3.85. The van der Waals surface area contributed by atoms with E-state index in [4.69, 9.17) is 9.15 Å². The lowest BCUT2D eigenvalue weighted by Crippen LogP contribution is -2.18. The second kappa shape index (κ2) is 9.65. The fraction of sp³-hybridized carbons (Fsp3) is 0.115. The van der Waals surface area contributed by atoms with Crippen LogP contribution in [0.1, 0.15) is 26.7 Å². The van der Waals surface area contributed by atoms with Crippen molar-refractivity contribution in [2.75, 3.05) is 7.11 Å². The molecule has 0 radical (unpaired) electrons. The fourth-order valence-corrected chi connectivity index (χ4v) is 5.00.